The number of benzene rings is 2. The second kappa shape index (κ2) is 10.4. The predicted molar refractivity (Wildman–Crippen MR) is 135 cm³/mol. The van der Waals surface area contributed by atoms with Gasteiger partial charge in [-0.2, -0.15) is 0 Å². The first-order valence-electron chi connectivity index (χ1n) is 11.0. The van der Waals surface area contributed by atoms with E-state index in [0.717, 1.165) is 45.9 Å². The highest BCUT2D eigenvalue weighted by atomic mass is 35.5. The molecule has 172 valence electrons. The van der Waals surface area contributed by atoms with Crippen LogP contribution in [0.2, 0.25) is 5.02 Å². The number of nitrogens with zero attached hydrogens (tertiary/aromatic N) is 2. The lowest BCUT2D eigenvalue weighted by Crippen LogP contribution is -2.28. The predicted octanol–water partition coefficient (Wildman–Crippen LogP) is 6.16. The Morgan fingerprint density at radius 1 is 1.21 bits per heavy atom. The summed E-state index contributed by atoms with van der Waals surface area (Å²) in [6, 6.07) is 13.8. The van der Waals surface area contributed by atoms with E-state index in [-0.39, 0.29) is 12.4 Å². The molecule has 5 rings (SSSR count). The second-order valence-electron chi connectivity index (χ2n) is 8.05. The molecule has 1 saturated heterocycles. The summed E-state index contributed by atoms with van der Waals surface area (Å²) in [6.45, 7) is 2.26. The van der Waals surface area contributed by atoms with Crippen LogP contribution in [-0.4, -0.2) is 23.1 Å². The highest BCUT2D eigenvalue weighted by Gasteiger charge is 2.12. The molecule has 0 amide bonds. The second-order valence-corrected chi connectivity index (χ2v) is 9.49. The van der Waals surface area contributed by atoms with Crippen molar-refractivity contribution in [3.8, 4) is 17.6 Å². The number of hydrogen-bond donors (Lipinski definition) is 2. The summed E-state index contributed by atoms with van der Waals surface area (Å²) >= 11 is 8.00. The third-order valence-electron chi connectivity index (χ3n) is 5.50. The summed E-state index contributed by atoms with van der Waals surface area (Å²) in [5, 5.41) is 8.08. The van der Waals surface area contributed by atoms with Gasteiger partial charge in [0, 0.05) is 18.2 Å². The van der Waals surface area contributed by atoms with Crippen LogP contribution < -0.4 is 15.4 Å². The van der Waals surface area contributed by atoms with Crippen molar-refractivity contribution >= 4 is 44.7 Å². The number of halogens is 2. The maximum Gasteiger partial charge on any atom is 0.142 e. The van der Waals surface area contributed by atoms with Crippen molar-refractivity contribution in [3.63, 3.8) is 0 Å². The molecule has 3 heterocycles. The van der Waals surface area contributed by atoms with Gasteiger partial charge in [-0.25, -0.2) is 14.4 Å². The van der Waals surface area contributed by atoms with E-state index in [2.05, 4.69) is 32.4 Å². The zero-order chi connectivity index (χ0) is 23.3. The standard InChI is InChI=1S/C26H22ClFN4OS/c27-23-12-20(7-9-24(23)33-15-18-3-1-5-19(28)11-18)32-25-22-13-21(34-26(22)31-16-30-25)8-6-17-4-2-10-29-14-17/h1,3,5,7,9,11-13,16-17,29H,2,4,10,14-15H2,(H,30,31,32). The SMILES string of the molecule is Fc1cccc(COc2ccc(Nc3ncnc4sc(C#CC5CCCNC5)cc34)cc2Cl)c1. The molecule has 0 aliphatic carbocycles. The number of thiophene rings is 1. The fourth-order valence-corrected chi connectivity index (χ4v) is 4.88. The fourth-order valence-electron chi connectivity index (χ4n) is 3.79. The van der Waals surface area contributed by atoms with Gasteiger partial charge < -0.3 is 15.4 Å². The zero-order valence-corrected chi connectivity index (χ0v) is 19.8. The molecule has 2 aromatic heterocycles. The number of fused-ring (bicyclic) bond motifs is 1. The molecule has 5 nitrogen and oxygen atoms in total. The fraction of sp³-hybridized carbons (Fsp3) is 0.231. The van der Waals surface area contributed by atoms with Crippen molar-refractivity contribution in [1.82, 2.24) is 15.3 Å². The van der Waals surface area contributed by atoms with Gasteiger partial charge in [-0.3, -0.25) is 0 Å². The van der Waals surface area contributed by atoms with E-state index in [1.54, 1.807) is 41.9 Å². The molecular formula is C26H22ClFN4OS. The molecule has 0 radical (unpaired) electrons. The van der Waals surface area contributed by atoms with Crippen molar-refractivity contribution in [1.29, 1.82) is 0 Å². The van der Waals surface area contributed by atoms with Crippen LogP contribution in [0.3, 0.4) is 0 Å². The van der Waals surface area contributed by atoms with Crippen LogP contribution >= 0.6 is 22.9 Å². The first kappa shape index (κ1) is 22.6. The minimum Gasteiger partial charge on any atom is -0.487 e. The first-order valence-corrected chi connectivity index (χ1v) is 12.2. The lowest BCUT2D eigenvalue weighted by atomic mass is 10.0. The van der Waals surface area contributed by atoms with E-state index in [4.69, 9.17) is 16.3 Å². The number of piperidine rings is 1. The molecule has 1 aliphatic heterocycles. The third kappa shape index (κ3) is 5.48. The van der Waals surface area contributed by atoms with Gasteiger partial charge in [0.1, 0.15) is 35.1 Å². The molecule has 2 N–H and O–H groups in total. The van der Waals surface area contributed by atoms with E-state index in [0.29, 0.717) is 22.5 Å². The van der Waals surface area contributed by atoms with Crippen LogP contribution in [0, 0.1) is 23.6 Å². The molecule has 4 aromatic rings. The third-order valence-corrected chi connectivity index (χ3v) is 6.76. The van der Waals surface area contributed by atoms with Gasteiger partial charge in [0.05, 0.1) is 15.3 Å². The summed E-state index contributed by atoms with van der Waals surface area (Å²) in [6.07, 6.45) is 3.85. The van der Waals surface area contributed by atoms with E-state index in [1.807, 2.05) is 12.1 Å². The topological polar surface area (TPSA) is 59.1 Å². The van der Waals surface area contributed by atoms with Gasteiger partial charge in [-0.15, -0.1) is 11.3 Å². The molecule has 0 bridgehead atoms. The minimum absolute atomic E-state index is 0.229. The normalized spacial score (nSPS) is 15.5. The van der Waals surface area contributed by atoms with Crippen molar-refractivity contribution in [2.45, 2.75) is 19.4 Å². The minimum atomic E-state index is -0.295. The molecule has 0 saturated carbocycles. The maximum atomic E-state index is 13.4. The summed E-state index contributed by atoms with van der Waals surface area (Å²) < 4.78 is 19.1. The van der Waals surface area contributed by atoms with E-state index >= 15 is 0 Å². The van der Waals surface area contributed by atoms with E-state index < -0.39 is 0 Å². The van der Waals surface area contributed by atoms with Crippen LogP contribution in [-0.2, 0) is 6.61 Å². The Balaban J connectivity index is 1.30. The monoisotopic (exact) mass is 492 g/mol. The largest absolute Gasteiger partial charge is 0.487 e. The average molecular weight is 493 g/mol. The summed E-state index contributed by atoms with van der Waals surface area (Å²) in [5.74, 6) is 8.02. The summed E-state index contributed by atoms with van der Waals surface area (Å²) in [5.41, 5.74) is 1.51. The summed E-state index contributed by atoms with van der Waals surface area (Å²) in [7, 11) is 0. The van der Waals surface area contributed by atoms with Gasteiger partial charge in [-0.05, 0) is 61.3 Å². The molecule has 2 aromatic carbocycles. The Hall–Kier alpha value is -3.18. The van der Waals surface area contributed by atoms with Gasteiger partial charge in [0.2, 0.25) is 0 Å². The van der Waals surface area contributed by atoms with Gasteiger partial charge in [0.15, 0.2) is 0 Å². The molecule has 1 aliphatic rings. The zero-order valence-electron chi connectivity index (χ0n) is 18.3. The van der Waals surface area contributed by atoms with Gasteiger partial charge in [0.25, 0.3) is 0 Å². The molecule has 0 spiro atoms. The Kier molecular flexibility index (Phi) is 6.91. The average Bonchev–Trinajstić information content (AvgIpc) is 3.27. The van der Waals surface area contributed by atoms with Gasteiger partial charge >= 0.3 is 0 Å². The van der Waals surface area contributed by atoms with Crippen molar-refractivity contribution in [3.05, 3.63) is 76.1 Å². The molecule has 1 atom stereocenters. The molecule has 1 fully saturated rings. The number of ether oxygens (including phenoxy) is 1. The Labute approximate surface area is 206 Å². The molecule has 34 heavy (non-hydrogen) atoms. The van der Waals surface area contributed by atoms with E-state index in [1.165, 1.54) is 18.6 Å². The number of anilines is 2. The molecule has 8 heteroatoms. The van der Waals surface area contributed by atoms with Crippen LogP contribution in [0.15, 0.2) is 54.9 Å². The van der Waals surface area contributed by atoms with E-state index in [9.17, 15) is 4.39 Å². The highest BCUT2D eigenvalue weighted by Crippen LogP contribution is 2.33. The number of rotatable bonds is 5. The van der Waals surface area contributed by atoms with Crippen molar-refractivity contribution in [2.24, 2.45) is 5.92 Å². The van der Waals surface area contributed by atoms with Crippen LogP contribution in [0.5, 0.6) is 5.75 Å². The quantitative estimate of drug-likeness (QED) is 0.327. The molecular weight excluding hydrogens is 471 g/mol. The van der Waals surface area contributed by atoms with Crippen LogP contribution in [0.1, 0.15) is 23.3 Å². The van der Waals surface area contributed by atoms with Crippen molar-refractivity contribution < 1.29 is 9.13 Å². The van der Waals surface area contributed by atoms with Gasteiger partial charge in [-0.1, -0.05) is 35.6 Å². The number of aromatic nitrogens is 2. The lowest BCUT2D eigenvalue weighted by molar-refractivity contribution is 0.306. The Morgan fingerprint density at radius 2 is 2.15 bits per heavy atom. The first-order chi connectivity index (χ1) is 16.6. The smallest absolute Gasteiger partial charge is 0.142 e. The van der Waals surface area contributed by atoms with Crippen LogP contribution in [0.4, 0.5) is 15.9 Å². The van der Waals surface area contributed by atoms with Crippen LogP contribution in [0.25, 0.3) is 10.2 Å². The maximum absolute atomic E-state index is 13.4. The highest BCUT2D eigenvalue weighted by molar-refractivity contribution is 7.19. The lowest BCUT2D eigenvalue weighted by Gasteiger charge is -2.17. The number of hydrogen-bond acceptors (Lipinski definition) is 6. The molecule has 1 unspecified atom stereocenters. The number of nitrogens with one attached hydrogen (secondary N) is 2. The Bertz CT molecular complexity index is 1370. The Morgan fingerprint density at radius 3 is 2.97 bits per heavy atom. The van der Waals surface area contributed by atoms with Crippen molar-refractivity contribution in [2.75, 3.05) is 18.4 Å². The summed E-state index contributed by atoms with van der Waals surface area (Å²) in [4.78, 5) is 10.7.